The van der Waals surface area contributed by atoms with Crippen LogP contribution in [0.5, 0.6) is 0 Å². The van der Waals surface area contributed by atoms with Crippen LogP contribution in [0.1, 0.15) is 20.7 Å². The monoisotopic (exact) mass is 375 g/mol. The van der Waals surface area contributed by atoms with E-state index in [4.69, 9.17) is 0 Å². The Morgan fingerprint density at radius 3 is 1.57 bits per heavy atom. The highest BCUT2D eigenvalue weighted by Gasteiger charge is 2.39. The molecule has 0 fully saturated rings. The average Bonchev–Trinajstić information content (AvgIpc) is 3.31. The molecule has 3 heterocycles. The van der Waals surface area contributed by atoms with E-state index in [2.05, 4.69) is 9.97 Å². The Balaban J connectivity index is 2.02. The largest absolute Gasteiger partial charge is 0.350 e. The van der Waals surface area contributed by atoms with Crippen LogP contribution in [0, 0.1) is 11.6 Å². The molecule has 0 radical (unpaired) electrons. The van der Waals surface area contributed by atoms with Crippen molar-refractivity contribution in [3.8, 4) is 0 Å². The van der Waals surface area contributed by atoms with Gasteiger partial charge < -0.3 is 9.97 Å². The van der Waals surface area contributed by atoms with Gasteiger partial charge in [-0.1, -0.05) is 24.3 Å². The molecule has 5 aromatic rings. The van der Waals surface area contributed by atoms with Gasteiger partial charge in [0.25, 0.3) is 11.8 Å². The number of nitrogens with one attached hydrogen (secondary N) is 2. The van der Waals surface area contributed by atoms with Crippen molar-refractivity contribution in [2.45, 2.75) is 0 Å². The Morgan fingerprint density at radius 2 is 1.14 bits per heavy atom. The van der Waals surface area contributed by atoms with E-state index in [0.717, 1.165) is 4.90 Å². The zero-order valence-corrected chi connectivity index (χ0v) is 14.5. The van der Waals surface area contributed by atoms with E-state index in [1.165, 1.54) is 19.2 Å². The summed E-state index contributed by atoms with van der Waals surface area (Å²) in [5.74, 6) is -1.85. The van der Waals surface area contributed by atoms with Crippen molar-refractivity contribution in [2.24, 2.45) is 0 Å². The number of hydrogen-bond donors (Lipinski definition) is 2. The van der Waals surface area contributed by atoms with Crippen LogP contribution < -0.4 is 0 Å². The Bertz CT molecular complexity index is 1430. The first-order valence-corrected chi connectivity index (χ1v) is 8.67. The molecule has 0 unspecified atom stereocenters. The minimum atomic E-state index is -0.469. The fourth-order valence-electron chi connectivity index (χ4n) is 4.36. The van der Waals surface area contributed by atoms with Crippen LogP contribution in [0.2, 0.25) is 0 Å². The molecule has 6 rings (SSSR count). The molecule has 1 aliphatic heterocycles. The first kappa shape index (κ1) is 15.3. The Hall–Kier alpha value is -3.74. The summed E-state index contributed by atoms with van der Waals surface area (Å²) >= 11 is 0. The van der Waals surface area contributed by atoms with Gasteiger partial charge in [0.05, 0.1) is 33.2 Å². The van der Waals surface area contributed by atoms with Crippen LogP contribution in [0.25, 0.3) is 43.6 Å². The molecule has 0 aliphatic carbocycles. The van der Waals surface area contributed by atoms with Gasteiger partial charge in [-0.2, -0.15) is 0 Å². The molecular weight excluding hydrogens is 364 g/mol. The van der Waals surface area contributed by atoms with Gasteiger partial charge in [-0.15, -0.1) is 0 Å². The third-order valence-electron chi connectivity index (χ3n) is 5.60. The van der Waals surface area contributed by atoms with Gasteiger partial charge in [-0.05, 0) is 12.1 Å². The number of aromatic amines is 2. The molecular formula is C21H11F2N3O2. The summed E-state index contributed by atoms with van der Waals surface area (Å²) in [5, 5.41) is 1.94. The number of halogens is 2. The number of H-pyrrole nitrogens is 2. The molecule has 7 heteroatoms. The lowest BCUT2D eigenvalue weighted by molar-refractivity contribution is 0.0694. The molecule has 136 valence electrons. The van der Waals surface area contributed by atoms with Crippen molar-refractivity contribution < 1.29 is 18.4 Å². The maximum atomic E-state index is 14.4. The number of para-hydroxylation sites is 2. The van der Waals surface area contributed by atoms with Crippen molar-refractivity contribution in [1.82, 2.24) is 14.9 Å². The number of fused-ring (bicyclic) bond motifs is 10. The molecule has 2 N–H and O–H groups in total. The Labute approximate surface area is 155 Å². The number of amides is 2. The summed E-state index contributed by atoms with van der Waals surface area (Å²) in [7, 11) is 1.41. The average molecular weight is 375 g/mol. The highest BCUT2D eigenvalue weighted by molar-refractivity contribution is 6.39. The van der Waals surface area contributed by atoms with Crippen molar-refractivity contribution in [1.29, 1.82) is 0 Å². The SMILES string of the molecule is CN1C(=O)c2c(c3c4cccc(F)c4[nH]c3c3[nH]c4c(F)cccc4c23)C1=O. The smallest absolute Gasteiger partial charge is 0.262 e. The normalized spacial score (nSPS) is 14.3. The van der Waals surface area contributed by atoms with Crippen LogP contribution in [-0.2, 0) is 0 Å². The van der Waals surface area contributed by atoms with E-state index in [-0.39, 0.29) is 22.2 Å². The summed E-state index contributed by atoms with van der Waals surface area (Å²) < 4.78 is 28.9. The maximum absolute atomic E-state index is 14.4. The van der Waals surface area contributed by atoms with Crippen LogP contribution >= 0.6 is 0 Å². The van der Waals surface area contributed by atoms with E-state index in [1.807, 2.05) is 0 Å². The second-order valence-corrected chi connectivity index (χ2v) is 6.99. The molecule has 0 saturated heterocycles. The summed E-state index contributed by atoms with van der Waals surface area (Å²) in [6, 6.07) is 9.14. The minimum Gasteiger partial charge on any atom is -0.350 e. The number of carbonyl (C=O) groups is 2. The fraction of sp³-hybridized carbons (Fsp3) is 0.0476. The molecule has 28 heavy (non-hydrogen) atoms. The van der Waals surface area contributed by atoms with Crippen LogP contribution in [0.15, 0.2) is 36.4 Å². The molecule has 0 spiro atoms. The summed E-state index contributed by atoms with van der Waals surface area (Å²) in [5.41, 5.74) is 1.86. The fourth-order valence-corrected chi connectivity index (χ4v) is 4.36. The molecule has 2 aromatic heterocycles. The van der Waals surface area contributed by atoms with Crippen LogP contribution in [-0.4, -0.2) is 33.7 Å². The summed E-state index contributed by atoms with van der Waals surface area (Å²) in [6.07, 6.45) is 0. The molecule has 5 nitrogen and oxygen atoms in total. The number of carbonyl (C=O) groups excluding carboxylic acids is 2. The molecule has 2 amide bonds. The third kappa shape index (κ3) is 1.56. The number of rotatable bonds is 0. The third-order valence-corrected chi connectivity index (χ3v) is 5.60. The lowest BCUT2D eigenvalue weighted by Crippen LogP contribution is -2.24. The number of nitrogens with zero attached hydrogens (tertiary/aromatic N) is 1. The predicted molar refractivity (Wildman–Crippen MR) is 102 cm³/mol. The minimum absolute atomic E-state index is 0.219. The first-order valence-electron chi connectivity index (χ1n) is 8.67. The second kappa shape index (κ2) is 4.75. The standard InChI is InChI=1S/C21H11F2N3O2/c1-26-20(27)14-12-8-4-2-6-10(22)16(8)24-18(12)19-13(15(14)21(26)28)9-5-3-7-11(23)17(9)25-19/h2-7,24-25H,1H3. The second-order valence-electron chi connectivity index (χ2n) is 6.99. The lowest BCUT2D eigenvalue weighted by Gasteiger charge is -2.03. The Kier molecular flexibility index (Phi) is 2.60. The van der Waals surface area contributed by atoms with Gasteiger partial charge in [0, 0.05) is 28.6 Å². The van der Waals surface area contributed by atoms with Gasteiger partial charge in [0.1, 0.15) is 11.6 Å². The van der Waals surface area contributed by atoms with E-state index >= 15 is 0 Å². The first-order chi connectivity index (χ1) is 13.5. The Morgan fingerprint density at radius 1 is 0.714 bits per heavy atom. The van der Waals surface area contributed by atoms with Crippen molar-refractivity contribution in [3.05, 3.63) is 59.2 Å². The highest BCUT2D eigenvalue weighted by Crippen LogP contribution is 2.43. The van der Waals surface area contributed by atoms with Crippen LogP contribution in [0.3, 0.4) is 0 Å². The zero-order valence-electron chi connectivity index (χ0n) is 14.5. The summed E-state index contributed by atoms with van der Waals surface area (Å²) in [6.45, 7) is 0. The highest BCUT2D eigenvalue weighted by atomic mass is 19.1. The van der Waals surface area contributed by atoms with E-state index in [1.54, 1.807) is 24.3 Å². The molecule has 0 atom stereocenters. The van der Waals surface area contributed by atoms with Gasteiger partial charge in [0.2, 0.25) is 0 Å². The van der Waals surface area contributed by atoms with Crippen molar-refractivity contribution in [3.63, 3.8) is 0 Å². The number of benzene rings is 3. The molecule has 3 aromatic carbocycles. The van der Waals surface area contributed by atoms with E-state index in [0.29, 0.717) is 32.6 Å². The maximum Gasteiger partial charge on any atom is 0.262 e. The molecule has 0 saturated carbocycles. The van der Waals surface area contributed by atoms with Gasteiger partial charge in [-0.3, -0.25) is 14.5 Å². The number of aromatic nitrogens is 2. The van der Waals surface area contributed by atoms with Gasteiger partial charge >= 0.3 is 0 Å². The lowest BCUT2D eigenvalue weighted by atomic mass is 9.97. The van der Waals surface area contributed by atoms with Crippen molar-refractivity contribution in [2.75, 3.05) is 7.05 Å². The quantitative estimate of drug-likeness (QED) is 0.393. The number of imide groups is 1. The predicted octanol–water partition coefficient (Wildman–Crippen LogP) is 4.46. The van der Waals surface area contributed by atoms with E-state index < -0.39 is 23.4 Å². The van der Waals surface area contributed by atoms with Gasteiger partial charge in [-0.25, -0.2) is 8.78 Å². The molecule has 0 bridgehead atoms. The number of hydrogen-bond acceptors (Lipinski definition) is 2. The van der Waals surface area contributed by atoms with Gasteiger partial charge in [0.15, 0.2) is 0 Å². The summed E-state index contributed by atoms with van der Waals surface area (Å²) in [4.78, 5) is 33.0. The topological polar surface area (TPSA) is 69.0 Å². The zero-order chi connectivity index (χ0) is 19.3. The van der Waals surface area contributed by atoms with E-state index in [9.17, 15) is 18.4 Å². The molecule has 1 aliphatic rings. The van der Waals surface area contributed by atoms with Crippen molar-refractivity contribution >= 4 is 55.4 Å². The van der Waals surface area contributed by atoms with Crippen LogP contribution in [0.4, 0.5) is 8.78 Å².